The summed E-state index contributed by atoms with van der Waals surface area (Å²) in [5.74, 6) is 1.91. The van der Waals surface area contributed by atoms with Crippen molar-refractivity contribution in [2.24, 2.45) is 5.73 Å². The number of ether oxygens (including phenoxy) is 1. The molecule has 0 unspecified atom stereocenters. The summed E-state index contributed by atoms with van der Waals surface area (Å²) >= 11 is 0. The second-order valence-corrected chi connectivity index (χ2v) is 4.42. The lowest BCUT2D eigenvalue weighted by Crippen LogP contribution is -2.01. The molecule has 0 amide bonds. The van der Waals surface area contributed by atoms with Gasteiger partial charge in [-0.25, -0.2) is 4.98 Å². The van der Waals surface area contributed by atoms with Gasteiger partial charge in [0.15, 0.2) is 0 Å². The molecule has 0 aliphatic carbocycles. The predicted octanol–water partition coefficient (Wildman–Crippen LogP) is 2.02. The van der Waals surface area contributed by atoms with E-state index in [0.29, 0.717) is 6.54 Å². The van der Waals surface area contributed by atoms with E-state index in [9.17, 15) is 0 Å². The first-order chi connectivity index (χ1) is 8.63. The monoisotopic (exact) mass is 245 g/mol. The Balaban J connectivity index is 2.22. The number of nitrogens with zero attached hydrogens (tertiary/aromatic N) is 2. The smallest absolute Gasteiger partial charge is 0.121 e. The average Bonchev–Trinajstić information content (AvgIpc) is 2.70. The van der Waals surface area contributed by atoms with E-state index in [0.717, 1.165) is 29.4 Å². The number of aryl methyl sites for hydroxylation is 2. The van der Waals surface area contributed by atoms with Crippen LogP contribution in [0.2, 0.25) is 0 Å². The lowest BCUT2D eigenvalue weighted by Gasteiger charge is -2.09. The maximum Gasteiger partial charge on any atom is 0.121 e. The second-order valence-electron chi connectivity index (χ2n) is 4.42. The standard InChI is InChI=1S/C14H19N3O/c1-10-6-12(4-5-14(10)18-3)8-17-9-13(7-15)16-11(17)2/h4-6,9H,7-8,15H2,1-3H3. The predicted molar refractivity (Wildman–Crippen MR) is 71.7 cm³/mol. The highest BCUT2D eigenvalue weighted by atomic mass is 16.5. The van der Waals surface area contributed by atoms with Crippen molar-refractivity contribution in [3.63, 3.8) is 0 Å². The third kappa shape index (κ3) is 2.54. The van der Waals surface area contributed by atoms with E-state index in [-0.39, 0.29) is 0 Å². The summed E-state index contributed by atoms with van der Waals surface area (Å²) in [6.07, 6.45) is 2.01. The summed E-state index contributed by atoms with van der Waals surface area (Å²) < 4.78 is 7.37. The Labute approximate surface area is 107 Å². The van der Waals surface area contributed by atoms with Crippen molar-refractivity contribution in [3.05, 3.63) is 47.0 Å². The highest BCUT2D eigenvalue weighted by Crippen LogP contribution is 2.19. The molecule has 0 spiro atoms. The molecule has 0 fully saturated rings. The Morgan fingerprint density at radius 2 is 2.11 bits per heavy atom. The number of benzene rings is 1. The molecule has 1 aromatic carbocycles. The van der Waals surface area contributed by atoms with Gasteiger partial charge in [0.1, 0.15) is 11.6 Å². The van der Waals surface area contributed by atoms with E-state index >= 15 is 0 Å². The second kappa shape index (κ2) is 5.23. The van der Waals surface area contributed by atoms with E-state index in [2.05, 4.69) is 28.6 Å². The van der Waals surface area contributed by atoms with Crippen LogP contribution in [0.3, 0.4) is 0 Å². The van der Waals surface area contributed by atoms with E-state index < -0.39 is 0 Å². The van der Waals surface area contributed by atoms with Crippen LogP contribution in [0.25, 0.3) is 0 Å². The molecule has 0 atom stereocenters. The van der Waals surface area contributed by atoms with Gasteiger partial charge in [0.05, 0.1) is 12.8 Å². The van der Waals surface area contributed by atoms with Gasteiger partial charge in [-0.3, -0.25) is 0 Å². The third-order valence-corrected chi connectivity index (χ3v) is 3.05. The van der Waals surface area contributed by atoms with Crippen LogP contribution >= 0.6 is 0 Å². The molecule has 1 aromatic heterocycles. The largest absolute Gasteiger partial charge is 0.496 e. The van der Waals surface area contributed by atoms with Gasteiger partial charge in [-0.05, 0) is 31.0 Å². The first-order valence-electron chi connectivity index (χ1n) is 6.00. The Morgan fingerprint density at radius 3 is 2.67 bits per heavy atom. The van der Waals surface area contributed by atoms with Gasteiger partial charge < -0.3 is 15.0 Å². The first kappa shape index (κ1) is 12.6. The van der Waals surface area contributed by atoms with Gasteiger partial charge in [-0.15, -0.1) is 0 Å². The number of rotatable bonds is 4. The van der Waals surface area contributed by atoms with Crippen LogP contribution in [-0.4, -0.2) is 16.7 Å². The molecular weight excluding hydrogens is 226 g/mol. The first-order valence-corrected chi connectivity index (χ1v) is 6.00. The molecule has 0 saturated carbocycles. The van der Waals surface area contributed by atoms with Crippen LogP contribution in [0.1, 0.15) is 22.6 Å². The molecule has 18 heavy (non-hydrogen) atoms. The van der Waals surface area contributed by atoms with Crippen LogP contribution in [-0.2, 0) is 13.1 Å². The zero-order valence-corrected chi connectivity index (χ0v) is 11.1. The zero-order valence-electron chi connectivity index (χ0n) is 11.1. The minimum Gasteiger partial charge on any atom is -0.496 e. The zero-order chi connectivity index (χ0) is 13.1. The molecule has 2 N–H and O–H groups in total. The van der Waals surface area contributed by atoms with Crippen LogP contribution in [0.15, 0.2) is 24.4 Å². The molecule has 2 rings (SSSR count). The Hall–Kier alpha value is -1.81. The van der Waals surface area contributed by atoms with Crippen molar-refractivity contribution >= 4 is 0 Å². The van der Waals surface area contributed by atoms with E-state index in [1.807, 2.05) is 19.2 Å². The normalized spacial score (nSPS) is 10.7. The summed E-state index contributed by atoms with van der Waals surface area (Å²) in [7, 11) is 1.69. The fraction of sp³-hybridized carbons (Fsp3) is 0.357. The molecule has 2 aromatic rings. The molecule has 4 nitrogen and oxygen atoms in total. The highest BCUT2D eigenvalue weighted by Gasteiger charge is 2.05. The van der Waals surface area contributed by atoms with Gasteiger partial charge in [0.25, 0.3) is 0 Å². The molecular formula is C14H19N3O. The fourth-order valence-electron chi connectivity index (χ4n) is 2.07. The summed E-state index contributed by atoms with van der Waals surface area (Å²) in [5.41, 5.74) is 8.90. The Bertz CT molecular complexity index is 546. The number of hydrogen-bond acceptors (Lipinski definition) is 3. The number of aromatic nitrogens is 2. The summed E-state index contributed by atoms with van der Waals surface area (Å²) in [4.78, 5) is 4.39. The van der Waals surface area contributed by atoms with Crippen molar-refractivity contribution in [2.75, 3.05) is 7.11 Å². The van der Waals surface area contributed by atoms with Crippen LogP contribution < -0.4 is 10.5 Å². The summed E-state index contributed by atoms with van der Waals surface area (Å²) in [6.45, 7) is 5.34. The summed E-state index contributed by atoms with van der Waals surface area (Å²) in [5, 5.41) is 0. The van der Waals surface area contributed by atoms with Gasteiger partial charge in [0, 0.05) is 19.3 Å². The molecule has 1 heterocycles. The highest BCUT2D eigenvalue weighted by molar-refractivity contribution is 5.36. The molecule has 0 aliphatic rings. The maximum atomic E-state index is 5.60. The Kier molecular flexibility index (Phi) is 3.67. The fourth-order valence-corrected chi connectivity index (χ4v) is 2.07. The van der Waals surface area contributed by atoms with Crippen molar-refractivity contribution in [1.82, 2.24) is 9.55 Å². The number of methoxy groups -OCH3 is 1. The SMILES string of the molecule is COc1ccc(Cn2cc(CN)nc2C)cc1C. The lowest BCUT2D eigenvalue weighted by atomic mass is 10.1. The molecule has 0 aliphatic heterocycles. The Morgan fingerprint density at radius 1 is 1.33 bits per heavy atom. The molecule has 0 saturated heterocycles. The van der Waals surface area contributed by atoms with Crippen LogP contribution in [0.5, 0.6) is 5.75 Å². The van der Waals surface area contributed by atoms with Crippen LogP contribution in [0.4, 0.5) is 0 Å². The third-order valence-electron chi connectivity index (χ3n) is 3.05. The summed E-state index contributed by atoms with van der Waals surface area (Å²) in [6, 6.07) is 6.22. The van der Waals surface area contributed by atoms with Crippen molar-refractivity contribution in [3.8, 4) is 5.75 Å². The minimum absolute atomic E-state index is 0.482. The minimum atomic E-state index is 0.482. The molecule has 0 radical (unpaired) electrons. The van der Waals surface area contributed by atoms with Crippen molar-refractivity contribution in [2.45, 2.75) is 26.9 Å². The number of imidazole rings is 1. The van der Waals surface area contributed by atoms with E-state index in [4.69, 9.17) is 10.5 Å². The average molecular weight is 245 g/mol. The van der Waals surface area contributed by atoms with E-state index in [1.165, 1.54) is 5.56 Å². The van der Waals surface area contributed by atoms with Gasteiger partial charge >= 0.3 is 0 Å². The molecule has 4 heteroatoms. The quantitative estimate of drug-likeness (QED) is 0.896. The van der Waals surface area contributed by atoms with Crippen molar-refractivity contribution < 1.29 is 4.74 Å². The molecule has 0 bridgehead atoms. The van der Waals surface area contributed by atoms with Gasteiger partial charge in [-0.1, -0.05) is 12.1 Å². The van der Waals surface area contributed by atoms with Crippen LogP contribution in [0, 0.1) is 13.8 Å². The van der Waals surface area contributed by atoms with Gasteiger partial charge in [0.2, 0.25) is 0 Å². The number of nitrogens with two attached hydrogens (primary N) is 1. The number of hydrogen-bond donors (Lipinski definition) is 1. The van der Waals surface area contributed by atoms with Gasteiger partial charge in [-0.2, -0.15) is 0 Å². The van der Waals surface area contributed by atoms with Crippen molar-refractivity contribution in [1.29, 1.82) is 0 Å². The topological polar surface area (TPSA) is 53.1 Å². The lowest BCUT2D eigenvalue weighted by molar-refractivity contribution is 0.411. The molecule has 96 valence electrons. The van der Waals surface area contributed by atoms with E-state index in [1.54, 1.807) is 7.11 Å². The maximum absolute atomic E-state index is 5.60.